The third-order valence-corrected chi connectivity index (χ3v) is 7.50. The summed E-state index contributed by atoms with van der Waals surface area (Å²) in [4.78, 5) is 21.4. The smallest absolute Gasteiger partial charge is 0.376 e. The first-order valence-electron chi connectivity index (χ1n) is 9.74. The number of non-ortho nitro benzene ring substituents is 1. The molecule has 1 N–H and O–H groups in total. The van der Waals surface area contributed by atoms with Gasteiger partial charge in [-0.05, 0) is 30.7 Å². The number of nitrogens with zero attached hydrogens (tertiary/aromatic N) is 4. The molecular formula is C19H19F3N4O7S. The fraction of sp³-hybridized carbons (Fsp3) is 0.368. The molecule has 1 fully saturated rings. The minimum Gasteiger partial charge on any atom is -0.376 e. The first-order chi connectivity index (χ1) is 15.7. The van der Waals surface area contributed by atoms with Crippen LogP contribution in [-0.2, 0) is 15.6 Å². The van der Waals surface area contributed by atoms with Gasteiger partial charge < -0.3 is 10.0 Å². The van der Waals surface area contributed by atoms with Gasteiger partial charge in [0, 0.05) is 37.9 Å². The van der Waals surface area contributed by atoms with Crippen LogP contribution in [0.15, 0.2) is 47.4 Å². The Hall–Kier alpha value is -3.30. The minimum atomic E-state index is -4.87. The highest BCUT2D eigenvalue weighted by Gasteiger charge is 2.51. The van der Waals surface area contributed by atoms with Crippen LogP contribution in [0, 0.1) is 20.2 Å². The fourth-order valence-electron chi connectivity index (χ4n) is 3.47. The number of hydrogen-bond donors (Lipinski definition) is 1. The van der Waals surface area contributed by atoms with Crippen molar-refractivity contribution in [2.45, 2.75) is 23.6 Å². The average Bonchev–Trinajstić information content (AvgIpc) is 2.78. The normalized spacial score (nSPS) is 17.3. The van der Waals surface area contributed by atoms with Crippen LogP contribution in [0.4, 0.5) is 30.2 Å². The van der Waals surface area contributed by atoms with Gasteiger partial charge in [-0.1, -0.05) is 12.1 Å². The van der Waals surface area contributed by atoms with E-state index in [1.165, 1.54) is 12.1 Å². The van der Waals surface area contributed by atoms with E-state index in [1.54, 1.807) is 4.90 Å². The number of rotatable bonds is 6. The molecule has 0 aromatic heterocycles. The summed E-state index contributed by atoms with van der Waals surface area (Å²) in [6.45, 7) is 0.740. The Bertz CT molecular complexity index is 1210. The second-order valence-electron chi connectivity index (χ2n) is 7.67. The number of piperazine rings is 1. The second-order valence-corrected chi connectivity index (χ2v) is 9.58. The predicted octanol–water partition coefficient (Wildman–Crippen LogP) is 2.78. The number of nitro groups is 2. The summed E-state index contributed by atoms with van der Waals surface area (Å²) in [6, 6.07) is 7.29. The summed E-state index contributed by atoms with van der Waals surface area (Å²) in [5.74, 6) is 0. The van der Waals surface area contributed by atoms with E-state index in [0.29, 0.717) is 18.7 Å². The van der Waals surface area contributed by atoms with Gasteiger partial charge in [0.1, 0.15) is 0 Å². The molecule has 1 saturated heterocycles. The first-order valence-corrected chi connectivity index (χ1v) is 11.2. The Morgan fingerprint density at radius 2 is 1.50 bits per heavy atom. The molecule has 0 aliphatic carbocycles. The zero-order chi connectivity index (χ0) is 25.5. The molecule has 0 radical (unpaired) electrons. The molecule has 1 heterocycles. The van der Waals surface area contributed by atoms with E-state index in [9.17, 15) is 46.9 Å². The zero-order valence-electron chi connectivity index (χ0n) is 17.6. The summed E-state index contributed by atoms with van der Waals surface area (Å²) in [7, 11) is -4.34. The highest BCUT2D eigenvalue weighted by atomic mass is 32.2. The zero-order valence-corrected chi connectivity index (χ0v) is 18.4. The lowest BCUT2D eigenvalue weighted by Crippen LogP contribution is -2.48. The number of anilines is 1. The third-order valence-electron chi connectivity index (χ3n) is 5.55. The van der Waals surface area contributed by atoms with Gasteiger partial charge in [-0.3, -0.25) is 20.2 Å². The van der Waals surface area contributed by atoms with Crippen molar-refractivity contribution >= 4 is 27.1 Å². The summed E-state index contributed by atoms with van der Waals surface area (Å²) in [5.41, 5.74) is -4.42. The fourth-order valence-corrected chi connectivity index (χ4v) is 5.03. The van der Waals surface area contributed by atoms with Crippen LogP contribution in [0.5, 0.6) is 0 Å². The van der Waals surface area contributed by atoms with Gasteiger partial charge in [0.15, 0.2) is 10.5 Å². The van der Waals surface area contributed by atoms with Crippen molar-refractivity contribution in [2.24, 2.45) is 0 Å². The first kappa shape index (κ1) is 25.3. The van der Waals surface area contributed by atoms with E-state index >= 15 is 0 Å². The van der Waals surface area contributed by atoms with Crippen molar-refractivity contribution in [1.82, 2.24) is 4.31 Å². The standard InChI is InChI=1S/C19H19F3N4O7S/c1-18(27,19(20,21)22)13-2-4-14(5-3-13)23-8-10-24(11-9-23)34(32,33)17-7-6-15(25(28)29)12-16(17)26(30)31/h2-7,12,27H,8-11H2,1H3. The molecule has 184 valence electrons. The Morgan fingerprint density at radius 3 is 1.97 bits per heavy atom. The van der Waals surface area contributed by atoms with E-state index in [-0.39, 0.29) is 31.7 Å². The lowest BCUT2D eigenvalue weighted by Gasteiger charge is -2.35. The van der Waals surface area contributed by atoms with Gasteiger partial charge in [0.2, 0.25) is 10.0 Å². The van der Waals surface area contributed by atoms with Crippen molar-refractivity contribution in [2.75, 3.05) is 31.1 Å². The summed E-state index contributed by atoms with van der Waals surface area (Å²) < 4.78 is 66.0. The summed E-state index contributed by atoms with van der Waals surface area (Å²) >= 11 is 0. The van der Waals surface area contributed by atoms with Crippen molar-refractivity contribution in [1.29, 1.82) is 0 Å². The van der Waals surface area contributed by atoms with Crippen LogP contribution >= 0.6 is 0 Å². The number of sulfonamides is 1. The van der Waals surface area contributed by atoms with Crippen LogP contribution in [0.3, 0.4) is 0 Å². The van der Waals surface area contributed by atoms with Crippen LogP contribution in [0.25, 0.3) is 0 Å². The Kier molecular flexibility index (Phi) is 6.56. The Labute approximate surface area is 191 Å². The van der Waals surface area contributed by atoms with Gasteiger partial charge in [0.25, 0.3) is 11.4 Å². The molecule has 1 aliphatic rings. The number of hydrogen-bond acceptors (Lipinski definition) is 8. The number of benzene rings is 2. The topological polar surface area (TPSA) is 147 Å². The van der Waals surface area contributed by atoms with Crippen LogP contribution < -0.4 is 4.90 Å². The van der Waals surface area contributed by atoms with Gasteiger partial charge in [-0.25, -0.2) is 8.42 Å². The molecule has 0 amide bonds. The number of halogens is 3. The lowest BCUT2D eigenvalue weighted by atomic mass is 9.95. The molecule has 15 heteroatoms. The molecule has 11 nitrogen and oxygen atoms in total. The average molecular weight is 504 g/mol. The van der Waals surface area contributed by atoms with E-state index in [2.05, 4.69) is 0 Å². The predicted molar refractivity (Wildman–Crippen MR) is 113 cm³/mol. The number of aliphatic hydroxyl groups is 1. The third kappa shape index (κ3) is 4.67. The van der Waals surface area contributed by atoms with E-state index in [0.717, 1.165) is 28.6 Å². The van der Waals surface area contributed by atoms with Crippen LogP contribution in [0.1, 0.15) is 12.5 Å². The van der Waals surface area contributed by atoms with Gasteiger partial charge in [0.05, 0.1) is 15.9 Å². The molecule has 1 atom stereocenters. The number of alkyl halides is 3. The van der Waals surface area contributed by atoms with Crippen molar-refractivity contribution in [3.8, 4) is 0 Å². The Morgan fingerprint density at radius 1 is 0.941 bits per heavy atom. The molecule has 0 saturated carbocycles. The van der Waals surface area contributed by atoms with Gasteiger partial charge in [-0.2, -0.15) is 17.5 Å². The van der Waals surface area contributed by atoms with E-state index in [4.69, 9.17) is 0 Å². The number of nitro benzene ring substituents is 2. The maximum atomic E-state index is 13.0. The monoisotopic (exact) mass is 504 g/mol. The molecule has 1 unspecified atom stereocenters. The molecule has 2 aromatic carbocycles. The summed E-state index contributed by atoms with van der Waals surface area (Å²) in [5, 5.41) is 32.0. The highest BCUT2D eigenvalue weighted by molar-refractivity contribution is 7.89. The maximum Gasteiger partial charge on any atom is 0.421 e. The molecule has 34 heavy (non-hydrogen) atoms. The van der Waals surface area contributed by atoms with E-state index in [1.807, 2.05) is 0 Å². The summed E-state index contributed by atoms with van der Waals surface area (Å²) in [6.07, 6.45) is -4.87. The Balaban J connectivity index is 1.77. The highest BCUT2D eigenvalue weighted by Crippen LogP contribution is 2.39. The van der Waals surface area contributed by atoms with Crippen molar-refractivity contribution in [3.05, 3.63) is 68.3 Å². The quantitative estimate of drug-likeness (QED) is 0.467. The molecule has 0 bridgehead atoms. The van der Waals surface area contributed by atoms with E-state index < -0.39 is 47.9 Å². The molecule has 0 spiro atoms. The van der Waals surface area contributed by atoms with Crippen molar-refractivity contribution < 1.29 is 36.5 Å². The molecule has 1 aliphatic heterocycles. The minimum absolute atomic E-state index is 0.0848. The van der Waals surface area contributed by atoms with Crippen molar-refractivity contribution in [3.63, 3.8) is 0 Å². The van der Waals surface area contributed by atoms with Crippen LogP contribution in [-0.4, -0.2) is 60.0 Å². The molecule has 3 rings (SSSR count). The molecule has 2 aromatic rings. The SMILES string of the molecule is CC(O)(c1ccc(N2CCN(S(=O)(=O)c3ccc([N+](=O)[O-])cc3[N+](=O)[O-])CC2)cc1)C(F)(F)F. The van der Waals surface area contributed by atoms with Crippen LogP contribution in [0.2, 0.25) is 0 Å². The largest absolute Gasteiger partial charge is 0.421 e. The second kappa shape index (κ2) is 8.81. The van der Waals surface area contributed by atoms with Gasteiger partial charge in [-0.15, -0.1) is 0 Å². The van der Waals surface area contributed by atoms with Gasteiger partial charge >= 0.3 is 6.18 Å². The lowest BCUT2D eigenvalue weighted by molar-refractivity contribution is -0.396. The molecular weight excluding hydrogens is 485 g/mol. The maximum absolute atomic E-state index is 13.0.